The van der Waals surface area contributed by atoms with Crippen molar-refractivity contribution in [1.82, 2.24) is 5.32 Å². The molecule has 1 amide bonds. The van der Waals surface area contributed by atoms with Gasteiger partial charge >= 0.3 is 6.18 Å². The van der Waals surface area contributed by atoms with E-state index < -0.39 is 29.0 Å². The molecule has 132 valence electrons. The van der Waals surface area contributed by atoms with Crippen molar-refractivity contribution in [2.75, 3.05) is 0 Å². The van der Waals surface area contributed by atoms with E-state index in [1.54, 1.807) is 6.07 Å². The molecule has 2 aromatic carbocycles. The highest BCUT2D eigenvalue weighted by molar-refractivity contribution is 5.95. The van der Waals surface area contributed by atoms with Crippen molar-refractivity contribution in [2.24, 2.45) is 0 Å². The van der Waals surface area contributed by atoms with Gasteiger partial charge in [0.05, 0.1) is 16.7 Å². The molecule has 2 aromatic rings. The summed E-state index contributed by atoms with van der Waals surface area (Å²) in [6.45, 7) is 0. The minimum Gasteiger partial charge on any atom is -0.342 e. The molecule has 0 heterocycles. The zero-order valence-corrected chi connectivity index (χ0v) is 13.4. The monoisotopic (exact) mass is 351 g/mol. The Hall–Kier alpha value is -2.37. The van der Waals surface area contributed by atoms with Gasteiger partial charge in [0.1, 0.15) is 5.82 Å². The van der Waals surface area contributed by atoms with Crippen molar-refractivity contribution < 1.29 is 22.4 Å². The summed E-state index contributed by atoms with van der Waals surface area (Å²) in [5.74, 6) is -1.18. The van der Waals surface area contributed by atoms with Crippen LogP contribution in [0.25, 0.3) is 0 Å². The Balaban J connectivity index is 1.90. The molecule has 6 heteroatoms. The second kappa shape index (κ2) is 6.50. The molecular formula is C19H17F4NO. The number of alkyl halides is 3. The molecule has 1 N–H and O–H groups in total. The predicted molar refractivity (Wildman–Crippen MR) is 85.5 cm³/mol. The summed E-state index contributed by atoms with van der Waals surface area (Å²) in [6.07, 6.45) is -1.49. The van der Waals surface area contributed by atoms with Crippen LogP contribution in [-0.2, 0) is 11.7 Å². The number of benzene rings is 2. The van der Waals surface area contributed by atoms with E-state index in [2.05, 4.69) is 5.32 Å². The lowest BCUT2D eigenvalue weighted by molar-refractivity contribution is -0.137. The summed E-state index contributed by atoms with van der Waals surface area (Å²) in [6, 6.07) is 10.5. The van der Waals surface area contributed by atoms with Gasteiger partial charge in [-0.05, 0) is 42.7 Å². The number of rotatable bonds is 3. The van der Waals surface area contributed by atoms with Crippen LogP contribution in [0.15, 0.2) is 48.5 Å². The summed E-state index contributed by atoms with van der Waals surface area (Å²) in [7, 11) is 0. The Morgan fingerprint density at radius 2 is 1.56 bits per heavy atom. The number of halogens is 4. The van der Waals surface area contributed by atoms with Crippen molar-refractivity contribution in [3.05, 3.63) is 71.0 Å². The number of carbonyl (C=O) groups is 1. The van der Waals surface area contributed by atoms with E-state index in [1.165, 1.54) is 30.3 Å². The molecule has 0 saturated heterocycles. The molecule has 1 fully saturated rings. The van der Waals surface area contributed by atoms with Gasteiger partial charge in [0.2, 0.25) is 0 Å². The van der Waals surface area contributed by atoms with Crippen molar-refractivity contribution in [2.45, 2.75) is 37.4 Å². The van der Waals surface area contributed by atoms with Gasteiger partial charge in [-0.3, -0.25) is 4.79 Å². The van der Waals surface area contributed by atoms with Crippen LogP contribution >= 0.6 is 0 Å². The fraction of sp³-hybridized carbons (Fsp3) is 0.316. The van der Waals surface area contributed by atoms with E-state index in [-0.39, 0.29) is 5.56 Å². The molecule has 3 rings (SSSR count). The highest BCUT2D eigenvalue weighted by Gasteiger charge is 2.38. The molecule has 0 atom stereocenters. The molecule has 0 aromatic heterocycles. The lowest BCUT2D eigenvalue weighted by Gasteiger charge is -2.31. The number of nitrogens with one attached hydrogen (secondary N) is 1. The van der Waals surface area contributed by atoms with E-state index in [0.717, 1.165) is 25.0 Å². The Bertz CT molecular complexity index is 762. The minimum absolute atomic E-state index is 0.0688. The Morgan fingerprint density at radius 3 is 2.12 bits per heavy atom. The molecule has 2 nitrogen and oxygen atoms in total. The second-order valence-corrected chi connectivity index (χ2v) is 6.30. The third kappa shape index (κ3) is 3.52. The highest BCUT2D eigenvalue weighted by Crippen LogP contribution is 2.40. The summed E-state index contributed by atoms with van der Waals surface area (Å²) >= 11 is 0. The van der Waals surface area contributed by atoms with Crippen LogP contribution in [-0.4, -0.2) is 5.91 Å². The third-order valence-corrected chi connectivity index (χ3v) is 4.69. The van der Waals surface area contributed by atoms with Gasteiger partial charge in [-0.15, -0.1) is 0 Å². The molecule has 0 aliphatic heterocycles. The fourth-order valence-electron chi connectivity index (χ4n) is 3.37. The van der Waals surface area contributed by atoms with E-state index >= 15 is 0 Å². The third-order valence-electron chi connectivity index (χ3n) is 4.69. The van der Waals surface area contributed by atoms with E-state index in [4.69, 9.17) is 0 Å². The average Bonchev–Trinajstić information content (AvgIpc) is 3.04. The van der Waals surface area contributed by atoms with Crippen LogP contribution < -0.4 is 5.32 Å². The summed E-state index contributed by atoms with van der Waals surface area (Å²) in [5, 5.41) is 2.86. The van der Waals surface area contributed by atoms with Crippen LogP contribution in [0.2, 0.25) is 0 Å². The zero-order chi connectivity index (χ0) is 18.1. The van der Waals surface area contributed by atoms with E-state index in [9.17, 15) is 22.4 Å². The minimum atomic E-state index is -4.40. The van der Waals surface area contributed by atoms with Gasteiger partial charge in [0.15, 0.2) is 0 Å². The first-order valence-electron chi connectivity index (χ1n) is 8.07. The fourth-order valence-corrected chi connectivity index (χ4v) is 3.37. The molecule has 1 aliphatic carbocycles. The lowest BCUT2D eigenvalue weighted by Crippen LogP contribution is -2.44. The number of amides is 1. The molecule has 1 saturated carbocycles. The molecule has 0 bridgehead atoms. The molecule has 0 radical (unpaired) electrons. The number of carbonyl (C=O) groups excluding carboxylic acids is 1. The second-order valence-electron chi connectivity index (χ2n) is 6.30. The lowest BCUT2D eigenvalue weighted by atomic mass is 9.87. The zero-order valence-electron chi connectivity index (χ0n) is 13.4. The first-order chi connectivity index (χ1) is 11.8. The topological polar surface area (TPSA) is 29.1 Å². The maximum atomic E-state index is 13.8. The number of hydrogen-bond acceptors (Lipinski definition) is 1. The van der Waals surface area contributed by atoms with Gasteiger partial charge in [-0.1, -0.05) is 37.1 Å². The Morgan fingerprint density at radius 1 is 0.960 bits per heavy atom. The maximum Gasteiger partial charge on any atom is 0.416 e. The van der Waals surface area contributed by atoms with Gasteiger partial charge in [0.25, 0.3) is 5.91 Å². The van der Waals surface area contributed by atoms with Gasteiger partial charge in [0, 0.05) is 0 Å². The van der Waals surface area contributed by atoms with Crippen LogP contribution in [0.4, 0.5) is 17.6 Å². The Kier molecular flexibility index (Phi) is 4.54. The van der Waals surface area contributed by atoms with Crippen molar-refractivity contribution in [3.63, 3.8) is 0 Å². The largest absolute Gasteiger partial charge is 0.416 e. The molecule has 25 heavy (non-hydrogen) atoms. The van der Waals surface area contributed by atoms with Crippen LogP contribution in [0.3, 0.4) is 0 Å². The summed E-state index contributed by atoms with van der Waals surface area (Å²) in [4.78, 5) is 12.5. The van der Waals surface area contributed by atoms with E-state index in [0.29, 0.717) is 18.4 Å². The molecular weight excluding hydrogens is 334 g/mol. The average molecular weight is 351 g/mol. The first kappa shape index (κ1) is 17.5. The molecule has 1 aliphatic rings. The normalized spacial score (nSPS) is 16.6. The predicted octanol–water partition coefficient (Wildman–Crippen LogP) is 5.04. The Labute approximate surface area is 142 Å². The van der Waals surface area contributed by atoms with Gasteiger partial charge in [-0.25, -0.2) is 4.39 Å². The quantitative estimate of drug-likeness (QED) is 0.771. The van der Waals surface area contributed by atoms with Crippen LogP contribution in [0.5, 0.6) is 0 Å². The molecule has 0 unspecified atom stereocenters. The van der Waals surface area contributed by atoms with Crippen molar-refractivity contribution >= 4 is 5.91 Å². The summed E-state index contributed by atoms with van der Waals surface area (Å²) in [5.41, 5.74) is -0.947. The van der Waals surface area contributed by atoms with E-state index in [1.807, 2.05) is 0 Å². The van der Waals surface area contributed by atoms with Gasteiger partial charge < -0.3 is 5.32 Å². The number of hydrogen-bond donors (Lipinski definition) is 1. The van der Waals surface area contributed by atoms with Crippen molar-refractivity contribution in [1.29, 1.82) is 0 Å². The SMILES string of the molecule is O=C(NC1(c2ccc(C(F)(F)F)cc2)CCCC1)c1ccccc1F. The van der Waals surface area contributed by atoms with Crippen molar-refractivity contribution in [3.8, 4) is 0 Å². The van der Waals surface area contributed by atoms with Crippen LogP contribution in [0, 0.1) is 5.82 Å². The summed E-state index contributed by atoms with van der Waals surface area (Å²) < 4.78 is 52.1. The van der Waals surface area contributed by atoms with Gasteiger partial charge in [-0.2, -0.15) is 13.2 Å². The smallest absolute Gasteiger partial charge is 0.342 e. The maximum absolute atomic E-state index is 13.8. The first-order valence-corrected chi connectivity index (χ1v) is 8.07. The standard InChI is InChI=1S/C19H17F4NO/c20-16-6-2-1-5-15(16)17(25)24-18(11-3-4-12-18)13-7-9-14(10-8-13)19(21,22)23/h1-2,5-10H,3-4,11-12H2,(H,24,25). The molecule has 0 spiro atoms. The highest BCUT2D eigenvalue weighted by atomic mass is 19.4. The van der Waals surface area contributed by atoms with Crippen LogP contribution in [0.1, 0.15) is 47.2 Å².